The number of carboxylic acid groups (broad SMARTS) is 2. The minimum atomic E-state index is -1.11. The topological polar surface area (TPSA) is 77.8 Å². The van der Waals surface area contributed by atoms with Crippen LogP contribution in [0.25, 0.3) is 0 Å². The summed E-state index contributed by atoms with van der Waals surface area (Å²) >= 11 is 3.01. The van der Waals surface area contributed by atoms with Crippen LogP contribution in [0.5, 0.6) is 0 Å². The summed E-state index contributed by atoms with van der Waals surface area (Å²) in [6.07, 6.45) is 0. The van der Waals surface area contributed by atoms with Gasteiger partial charge in [0.1, 0.15) is 5.82 Å². The molecule has 5 nitrogen and oxygen atoms in total. The normalized spacial score (nSPS) is 10.6. The Hall–Kier alpha value is -1.47. The van der Waals surface area contributed by atoms with E-state index in [9.17, 15) is 14.0 Å². The first kappa shape index (κ1) is 14.6. The van der Waals surface area contributed by atoms with E-state index in [-0.39, 0.29) is 24.1 Å². The van der Waals surface area contributed by atoms with Gasteiger partial charge in [0.05, 0.1) is 17.6 Å². The Labute approximate surface area is 111 Å². The summed E-state index contributed by atoms with van der Waals surface area (Å²) in [7, 11) is 0. The molecule has 18 heavy (non-hydrogen) atoms. The molecule has 1 aromatic rings. The number of halogens is 2. The fourth-order valence-corrected chi connectivity index (χ4v) is 1.87. The van der Waals surface area contributed by atoms with Gasteiger partial charge in [0.25, 0.3) is 0 Å². The first-order valence-corrected chi connectivity index (χ1v) is 5.77. The van der Waals surface area contributed by atoms with Gasteiger partial charge in [-0.1, -0.05) is 6.07 Å². The molecule has 7 heteroatoms. The zero-order valence-corrected chi connectivity index (χ0v) is 10.9. The van der Waals surface area contributed by atoms with Crippen molar-refractivity contribution < 1.29 is 24.2 Å². The third kappa shape index (κ3) is 4.80. The highest BCUT2D eigenvalue weighted by Crippen LogP contribution is 2.17. The Bertz CT molecular complexity index is 450. The molecule has 0 atom stereocenters. The second-order valence-electron chi connectivity index (χ2n) is 3.68. The van der Waals surface area contributed by atoms with Crippen LogP contribution in [-0.2, 0) is 16.1 Å². The Morgan fingerprint density at radius 2 is 1.78 bits per heavy atom. The largest absolute Gasteiger partial charge is 0.480 e. The Morgan fingerprint density at radius 1 is 1.22 bits per heavy atom. The lowest BCUT2D eigenvalue weighted by Gasteiger charge is -2.18. The Morgan fingerprint density at radius 3 is 2.22 bits per heavy atom. The first-order valence-electron chi connectivity index (χ1n) is 4.98. The van der Waals surface area contributed by atoms with E-state index in [0.29, 0.717) is 5.56 Å². The van der Waals surface area contributed by atoms with Gasteiger partial charge in [-0.15, -0.1) is 0 Å². The van der Waals surface area contributed by atoms with Gasteiger partial charge >= 0.3 is 11.9 Å². The first-order chi connectivity index (χ1) is 8.38. The molecule has 0 aliphatic rings. The molecule has 0 aliphatic carbocycles. The van der Waals surface area contributed by atoms with Crippen molar-refractivity contribution in [3.63, 3.8) is 0 Å². The highest BCUT2D eigenvalue weighted by atomic mass is 79.9. The molecule has 0 heterocycles. The van der Waals surface area contributed by atoms with Crippen molar-refractivity contribution in [1.29, 1.82) is 0 Å². The van der Waals surface area contributed by atoms with Crippen molar-refractivity contribution in [3.05, 3.63) is 34.1 Å². The van der Waals surface area contributed by atoms with E-state index in [0.717, 1.165) is 0 Å². The molecule has 1 aromatic carbocycles. The van der Waals surface area contributed by atoms with E-state index in [1.54, 1.807) is 0 Å². The third-order valence-corrected chi connectivity index (χ3v) is 2.72. The smallest absolute Gasteiger partial charge is 0.317 e. The van der Waals surface area contributed by atoms with E-state index in [1.165, 1.54) is 23.1 Å². The van der Waals surface area contributed by atoms with Gasteiger partial charge in [0.15, 0.2) is 0 Å². The summed E-state index contributed by atoms with van der Waals surface area (Å²) in [6.45, 7) is -0.653. The molecular weight excluding hydrogens is 309 g/mol. The molecule has 0 fully saturated rings. The monoisotopic (exact) mass is 319 g/mol. The van der Waals surface area contributed by atoms with Crippen LogP contribution in [-0.4, -0.2) is 40.1 Å². The minimum absolute atomic E-state index is 0.122. The van der Waals surface area contributed by atoms with E-state index >= 15 is 0 Å². The second-order valence-corrected chi connectivity index (χ2v) is 4.54. The standard InChI is InChI=1S/C11H11BrFNO4/c12-8-3-7(1-2-9(8)13)4-14(5-10(15)16)6-11(17)18/h1-3H,4-6H2,(H,15,16)(H,17,18). The molecule has 98 valence electrons. The number of benzene rings is 1. The van der Waals surface area contributed by atoms with Crippen molar-refractivity contribution in [2.45, 2.75) is 6.54 Å². The predicted molar refractivity (Wildman–Crippen MR) is 64.6 cm³/mol. The van der Waals surface area contributed by atoms with Crippen molar-refractivity contribution in [2.75, 3.05) is 13.1 Å². The Balaban J connectivity index is 2.77. The molecule has 0 saturated heterocycles. The number of carboxylic acids is 2. The number of nitrogens with zero attached hydrogens (tertiary/aromatic N) is 1. The zero-order chi connectivity index (χ0) is 13.7. The molecule has 2 N–H and O–H groups in total. The van der Waals surface area contributed by atoms with Crippen LogP contribution >= 0.6 is 15.9 Å². The Kier molecular flexibility index (Phi) is 5.24. The molecule has 0 spiro atoms. The lowest BCUT2D eigenvalue weighted by atomic mass is 10.2. The zero-order valence-electron chi connectivity index (χ0n) is 9.27. The van der Waals surface area contributed by atoms with Crippen LogP contribution in [0.4, 0.5) is 4.39 Å². The maximum atomic E-state index is 13.0. The number of aliphatic carboxylic acids is 2. The highest BCUT2D eigenvalue weighted by Gasteiger charge is 2.14. The molecular formula is C11H11BrFNO4. The van der Waals surface area contributed by atoms with Gasteiger partial charge in [-0.3, -0.25) is 14.5 Å². The number of hydrogen-bond acceptors (Lipinski definition) is 3. The number of hydrogen-bond donors (Lipinski definition) is 2. The van der Waals surface area contributed by atoms with Crippen LogP contribution in [0.2, 0.25) is 0 Å². The fraction of sp³-hybridized carbons (Fsp3) is 0.273. The quantitative estimate of drug-likeness (QED) is 0.832. The third-order valence-electron chi connectivity index (χ3n) is 2.11. The summed E-state index contributed by atoms with van der Waals surface area (Å²) in [5.41, 5.74) is 0.630. The van der Waals surface area contributed by atoms with Gasteiger partial charge in [0.2, 0.25) is 0 Å². The van der Waals surface area contributed by atoms with E-state index in [1.807, 2.05) is 0 Å². The average molecular weight is 320 g/mol. The summed E-state index contributed by atoms with van der Waals surface area (Å²) < 4.78 is 13.3. The van der Waals surface area contributed by atoms with Crippen LogP contribution in [0.1, 0.15) is 5.56 Å². The van der Waals surface area contributed by atoms with Crippen molar-refractivity contribution >= 4 is 27.9 Å². The maximum absolute atomic E-state index is 13.0. The summed E-state index contributed by atoms with van der Waals surface area (Å²) in [4.78, 5) is 22.4. The van der Waals surface area contributed by atoms with Crippen LogP contribution in [0.15, 0.2) is 22.7 Å². The second kappa shape index (κ2) is 6.46. The summed E-state index contributed by atoms with van der Waals surface area (Å²) in [5.74, 6) is -2.66. The van der Waals surface area contributed by atoms with Crippen LogP contribution in [0, 0.1) is 5.82 Å². The van der Waals surface area contributed by atoms with Crippen molar-refractivity contribution in [2.24, 2.45) is 0 Å². The lowest BCUT2D eigenvalue weighted by Crippen LogP contribution is -2.33. The van der Waals surface area contributed by atoms with Gasteiger partial charge in [-0.2, -0.15) is 0 Å². The summed E-state index contributed by atoms with van der Waals surface area (Å²) in [6, 6.07) is 4.21. The molecule has 0 amide bonds. The number of rotatable bonds is 6. The molecule has 1 rings (SSSR count). The van der Waals surface area contributed by atoms with Crippen molar-refractivity contribution in [3.8, 4) is 0 Å². The average Bonchev–Trinajstić information content (AvgIpc) is 2.21. The number of carbonyl (C=O) groups is 2. The van der Waals surface area contributed by atoms with Crippen LogP contribution in [0.3, 0.4) is 0 Å². The van der Waals surface area contributed by atoms with Gasteiger partial charge in [0, 0.05) is 6.54 Å². The molecule has 0 bridgehead atoms. The van der Waals surface area contributed by atoms with Gasteiger partial charge < -0.3 is 10.2 Å². The SMILES string of the molecule is O=C(O)CN(CC(=O)O)Cc1ccc(F)c(Br)c1. The fourth-order valence-electron chi connectivity index (χ4n) is 1.45. The molecule has 0 saturated carbocycles. The van der Waals surface area contributed by atoms with Crippen LogP contribution < -0.4 is 0 Å². The lowest BCUT2D eigenvalue weighted by molar-refractivity contribution is -0.142. The predicted octanol–water partition coefficient (Wildman–Crippen LogP) is 1.56. The van der Waals surface area contributed by atoms with E-state index in [4.69, 9.17) is 10.2 Å². The van der Waals surface area contributed by atoms with E-state index in [2.05, 4.69) is 15.9 Å². The minimum Gasteiger partial charge on any atom is -0.480 e. The van der Waals surface area contributed by atoms with Gasteiger partial charge in [-0.25, -0.2) is 4.39 Å². The molecule has 0 aliphatic heterocycles. The van der Waals surface area contributed by atoms with Crippen molar-refractivity contribution in [1.82, 2.24) is 4.90 Å². The highest BCUT2D eigenvalue weighted by molar-refractivity contribution is 9.10. The van der Waals surface area contributed by atoms with Gasteiger partial charge in [-0.05, 0) is 33.6 Å². The molecule has 0 aromatic heterocycles. The molecule has 0 unspecified atom stereocenters. The maximum Gasteiger partial charge on any atom is 0.317 e. The summed E-state index contributed by atoms with van der Waals surface area (Å²) in [5, 5.41) is 17.3. The van der Waals surface area contributed by atoms with E-state index < -0.39 is 17.8 Å². The molecule has 0 radical (unpaired) electrons.